The first-order valence-electron chi connectivity index (χ1n) is 3.78. The van der Waals surface area contributed by atoms with Crippen LogP contribution in [-0.2, 0) is 0 Å². The molecule has 0 spiro atoms. The molecular formula is C10H8NO. The van der Waals surface area contributed by atoms with Crippen LogP contribution in [0.5, 0.6) is 0 Å². The van der Waals surface area contributed by atoms with Crippen LogP contribution in [0, 0.1) is 18.3 Å². The number of fused-ring (bicyclic) bond motifs is 1. The second-order valence-electron chi connectivity index (χ2n) is 2.77. The van der Waals surface area contributed by atoms with Crippen molar-refractivity contribution in [1.82, 2.24) is 0 Å². The molecule has 1 aromatic heterocycles. The first-order chi connectivity index (χ1) is 5.79. The third kappa shape index (κ3) is 0.925. The van der Waals surface area contributed by atoms with E-state index in [0.29, 0.717) is 5.52 Å². The van der Waals surface area contributed by atoms with Gasteiger partial charge in [-0.3, -0.25) is 0 Å². The molecule has 1 aromatic carbocycles. The Morgan fingerprint density at radius 2 is 2.08 bits per heavy atom. The Kier molecular flexibility index (Phi) is 1.47. The van der Waals surface area contributed by atoms with E-state index in [1.807, 2.05) is 25.1 Å². The van der Waals surface area contributed by atoms with Gasteiger partial charge in [0.05, 0.1) is 5.39 Å². The Hall–Kier alpha value is -1.57. The number of aryl methyl sites for hydroxylation is 1. The third-order valence-corrected chi connectivity index (χ3v) is 1.95. The maximum absolute atomic E-state index is 11.2. The Bertz CT molecular complexity index is 383. The second-order valence-corrected chi connectivity index (χ2v) is 2.77. The summed E-state index contributed by atoms with van der Waals surface area (Å²) in [4.78, 5) is 0. The topological polar surface area (TPSA) is 26.9 Å². The van der Waals surface area contributed by atoms with E-state index >= 15 is 0 Å². The monoisotopic (exact) mass is 158 g/mol. The molecule has 0 saturated carbocycles. The summed E-state index contributed by atoms with van der Waals surface area (Å²) in [5.74, 6) is 0. The molecule has 12 heavy (non-hydrogen) atoms. The number of para-hydroxylation sites is 1. The highest BCUT2D eigenvalue weighted by Crippen LogP contribution is 2.12. The molecule has 0 aliphatic rings. The van der Waals surface area contributed by atoms with Crippen LogP contribution in [0.25, 0.3) is 10.9 Å². The zero-order valence-electron chi connectivity index (χ0n) is 6.74. The Morgan fingerprint density at radius 1 is 1.33 bits per heavy atom. The fraction of sp³-hybridized carbons (Fsp3) is 0.100. The van der Waals surface area contributed by atoms with Crippen molar-refractivity contribution >= 4 is 10.9 Å². The van der Waals surface area contributed by atoms with Crippen molar-refractivity contribution in [2.24, 2.45) is 0 Å². The molecular weight excluding hydrogens is 150 g/mol. The smallest absolute Gasteiger partial charge is 0.290 e. The highest BCUT2D eigenvalue weighted by molar-refractivity contribution is 5.78. The van der Waals surface area contributed by atoms with E-state index < -0.39 is 0 Å². The highest BCUT2D eigenvalue weighted by Gasteiger charge is 2.04. The van der Waals surface area contributed by atoms with Gasteiger partial charge in [0.15, 0.2) is 0 Å². The predicted octanol–water partition coefficient (Wildman–Crippen LogP) is 1.58. The van der Waals surface area contributed by atoms with Crippen LogP contribution in [0.1, 0.15) is 5.56 Å². The summed E-state index contributed by atoms with van der Waals surface area (Å²) in [6.45, 7) is 1.97. The molecule has 0 unspecified atom stereocenters. The van der Waals surface area contributed by atoms with Crippen molar-refractivity contribution in [3.63, 3.8) is 0 Å². The van der Waals surface area contributed by atoms with Crippen molar-refractivity contribution in [2.75, 3.05) is 0 Å². The van der Waals surface area contributed by atoms with Gasteiger partial charge >= 0.3 is 0 Å². The highest BCUT2D eigenvalue weighted by atomic mass is 16.5. The number of aromatic nitrogens is 1. The molecule has 2 heteroatoms. The van der Waals surface area contributed by atoms with Crippen LogP contribution < -0.4 is 4.73 Å². The van der Waals surface area contributed by atoms with E-state index in [-0.39, 0.29) is 0 Å². The minimum Gasteiger partial charge on any atom is -0.618 e. The van der Waals surface area contributed by atoms with Crippen LogP contribution >= 0.6 is 0 Å². The first kappa shape index (κ1) is 7.10. The standard InChI is InChI=1S/C10H8NO/c1-8-6-7-11(12)10-5-3-2-4-9(8)10/h2-6H,1H3. The molecule has 0 saturated heterocycles. The van der Waals surface area contributed by atoms with Crippen molar-refractivity contribution in [2.45, 2.75) is 6.92 Å². The summed E-state index contributed by atoms with van der Waals surface area (Å²) in [5, 5.41) is 12.2. The fourth-order valence-corrected chi connectivity index (χ4v) is 1.29. The summed E-state index contributed by atoms with van der Waals surface area (Å²) < 4.78 is 0.766. The second kappa shape index (κ2) is 2.48. The van der Waals surface area contributed by atoms with Crippen molar-refractivity contribution in [3.8, 4) is 0 Å². The zero-order chi connectivity index (χ0) is 8.55. The van der Waals surface area contributed by atoms with Crippen molar-refractivity contribution < 1.29 is 4.73 Å². The van der Waals surface area contributed by atoms with Crippen LogP contribution in [0.4, 0.5) is 0 Å². The molecule has 0 aliphatic heterocycles. The number of nitrogens with zero attached hydrogens (tertiary/aromatic N) is 1. The molecule has 1 radical (unpaired) electrons. The number of hydrogen-bond donors (Lipinski definition) is 0. The van der Waals surface area contributed by atoms with Gasteiger partial charge in [0.2, 0.25) is 5.52 Å². The van der Waals surface area contributed by atoms with Crippen LogP contribution in [0.3, 0.4) is 0 Å². The van der Waals surface area contributed by atoms with Gasteiger partial charge in [-0.1, -0.05) is 12.1 Å². The minimum atomic E-state index is 0.678. The Balaban J connectivity index is 2.95. The fourth-order valence-electron chi connectivity index (χ4n) is 1.29. The molecule has 0 N–H and O–H groups in total. The zero-order valence-corrected chi connectivity index (χ0v) is 6.74. The molecule has 0 fully saturated rings. The lowest BCUT2D eigenvalue weighted by molar-refractivity contribution is -0.581. The van der Waals surface area contributed by atoms with Crippen LogP contribution in [0.2, 0.25) is 0 Å². The molecule has 2 aromatic rings. The molecule has 0 bridgehead atoms. The molecule has 59 valence electrons. The number of benzene rings is 1. The van der Waals surface area contributed by atoms with Gasteiger partial charge in [-0.15, -0.1) is 0 Å². The normalized spacial score (nSPS) is 10.4. The summed E-state index contributed by atoms with van der Waals surface area (Å²) in [5.41, 5.74) is 1.76. The van der Waals surface area contributed by atoms with Gasteiger partial charge in [0.25, 0.3) is 6.20 Å². The Labute approximate surface area is 70.7 Å². The van der Waals surface area contributed by atoms with E-state index in [9.17, 15) is 5.21 Å². The van der Waals surface area contributed by atoms with E-state index in [4.69, 9.17) is 0 Å². The van der Waals surface area contributed by atoms with E-state index in [1.54, 1.807) is 12.1 Å². The summed E-state index contributed by atoms with van der Waals surface area (Å²) in [6.07, 6.45) is 2.60. The van der Waals surface area contributed by atoms with Crippen molar-refractivity contribution in [1.29, 1.82) is 0 Å². The average Bonchev–Trinajstić information content (AvgIpc) is 2.12. The summed E-state index contributed by atoms with van der Waals surface area (Å²) in [7, 11) is 0. The molecule has 2 nitrogen and oxygen atoms in total. The lowest BCUT2D eigenvalue weighted by atomic mass is 10.1. The third-order valence-electron chi connectivity index (χ3n) is 1.95. The van der Waals surface area contributed by atoms with E-state index in [2.05, 4.69) is 6.20 Å². The van der Waals surface area contributed by atoms with E-state index in [1.165, 1.54) is 0 Å². The van der Waals surface area contributed by atoms with Crippen LogP contribution in [-0.4, -0.2) is 0 Å². The maximum atomic E-state index is 11.2. The Morgan fingerprint density at radius 3 is 2.83 bits per heavy atom. The molecule has 1 heterocycles. The van der Waals surface area contributed by atoms with Gasteiger partial charge in [-0.05, 0) is 18.6 Å². The number of pyridine rings is 1. The maximum Gasteiger partial charge on any atom is 0.290 e. The average molecular weight is 158 g/mol. The largest absolute Gasteiger partial charge is 0.618 e. The van der Waals surface area contributed by atoms with Gasteiger partial charge in [-0.25, -0.2) is 0 Å². The SMILES string of the molecule is Cc1c[c][n+]([O-])c2ccccc12. The quantitative estimate of drug-likeness (QED) is 0.422. The van der Waals surface area contributed by atoms with Gasteiger partial charge in [-0.2, -0.15) is 4.73 Å². The summed E-state index contributed by atoms with van der Waals surface area (Å²) in [6, 6.07) is 9.22. The van der Waals surface area contributed by atoms with Gasteiger partial charge in [0.1, 0.15) is 0 Å². The van der Waals surface area contributed by atoms with Gasteiger partial charge < -0.3 is 5.21 Å². The number of hydrogen-bond acceptors (Lipinski definition) is 1. The predicted molar refractivity (Wildman–Crippen MR) is 46.5 cm³/mol. The molecule has 2 rings (SSSR count). The lowest BCUT2D eigenvalue weighted by Crippen LogP contribution is -2.26. The molecule has 0 amide bonds. The van der Waals surface area contributed by atoms with Gasteiger partial charge in [0, 0.05) is 12.1 Å². The molecule has 0 aliphatic carbocycles. The minimum absolute atomic E-state index is 0.678. The number of rotatable bonds is 0. The van der Waals surface area contributed by atoms with Crippen LogP contribution in [0.15, 0.2) is 30.3 Å². The molecule has 0 atom stereocenters. The lowest BCUT2D eigenvalue weighted by Gasteiger charge is -2.01. The van der Waals surface area contributed by atoms with E-state index in [0.717, 1.165) is 15.7 Å². The van der Waals surface area contributed by atoms with Crippen molar-refractivity contribution in [3.05, 3.63) is 47.3 Å². The summed E-state index contributed by atoms with van der Waals surface area (Å²) >= 11 is 0. The first-order valence-corrected chi connectivity index (χ1v) is 3.78.